The van der Waals surface area contributed by atoms with E-state index in [0.717, 1.165) is 24.9 Å². The molecule has 1 aromatic rings. The number of rotatable bonds is 3. The van der Waals surface area contributed by atoms with Crippen LogP contribution < -0.4 is 4.74 Å². The molecule has 1 amide bonds. The largest absolute Gasteiger partial charge is 0.495 e. The fourth-order valence-electron chi connectivity index (χ4n) is 5.23. The van der Waals surface area contributed by atoms with Crippen LogP contribution in [0.2, 0.25) is 5.02 Å². The smallest absolute Gasteiger partial charge is 0.253 e. The van der Waals surface area contributed by atoms with Crippen LogP contribution in [0.15, 0.2) is 30.9 Å². The highest BCUT2D eigenvalue weighted by molar-refractivity contribution is 6.32. The van der Waals surface area contributed by atoms with Gasteiger partial charge >= 0.3 is 0 Å². The van der Waals surface area contributed by atoms with Crippen molar-refractivity contribution < 1.29 is 9.53 Å². The summed E-state index contributed by atoms with van der Waals surface area (Å²) in [6.45, 7) is 8.15. The summed E-state index contributed by atoms with van der Waals surface area (Å²) in [6.07, 6.45) is 3.50. The zero-order chi connectivity index (χ0) is 17.0. The van der Waals surface area contributed by atoms with E-state index in [2.05, 4.69) is 19.6 Å². The summed E-state index contributed by atoms with van der Waals surface area (Å²) in [5.74, 6) is 4.81. The van der Waals surface area contributed by atoms with Gasteiger partial charge in [0.25, 0.3) is 5.91 Å². The van der Waals surface area contributed by atoms with E-state index in [1.165, 1.54) is 6.42 Å². The highest BCUT2D eigenvalue weighted by Crippen LogP contribution is 2.61. The molecule has 0 aromatic heterocycles. The minimum absolute atomic E-state index is 0.0811. The normalized spacial score (nSPS) is 36.7. The molecule has 1 aliphatic heterocycles. The first-order chi connectivity index (χ1) is 11.5. The van der Waals surface area contributed by atoms with E-state index in [-0.39, 0.29) is 5.91 Å². The molecule has 6 atom stereocenters. The van der Waals surface area contributed by atoms with Gasteiger partial charge in [-0.05, 0) is 60.1 Å². The first kappa shape index (κ1) is 16.0. The Labute approximate surface area is 148 Å². The average Bonchev–Trinajstić information content (AvgIpc) is 3.25. The standard InChI is InChI=1S/C20H24ClNO2/c1-4-13-15-8-14(15)11(2)16-9-22(10-17(13)16)20(23)12-5-6-19(24-3)18(21)7-12/h4-7,11,13-17H,1,8-10H2,2-3H3. The molecule has 3 aliphatic rings. The third-order valence-corrected chi connectivity index (χ3v) is 6.90. The van der Waals surface area contributed by atoms with Crippen LogP contribution in [0.25, 0.3) is 0 Å². The van der Waals surface area contributed by atoms with Gasteiger partial charge in [0.15, 0.2) is 0 Å². The lowest BCUT2D eigenvalue weighted by atomic mass is 9.69. The number of halogens is 1. The van der Waals surface area contributed by atoms with Crippen LogP contribution in [0.4, 0.5) is 0 Å². The first-order valence-corrected chi connectivity index (χ1v) is 9.18. The van der Waals surface area contributed by atoms with Crippen molar-refractivity contribution in [3.05, 3.63) is 41.4 Å². The van der Waals surface area contributed by atoms with Gasteiger partial charge in [-0.3, -0.25) is 4.79 Å². The highest BCUT2D eigenvalue weighted by Gasteiger charge is 2.58. The second kappa shape index (κ2) is 5.80. The van der Waals surface area contributed by atoms with Gasteiger partial charge in [0.2, 0.25) is 0 Å². The van der Waals surface area contributed by atoms with Crippen LogP contribution in [0.5, 0.6) is 5.75 Å². The summed E-state index contributed by atoms with van der Waals surface area (Å²) in [5.41, 5.74) is 0.646. The zero-order valence-electron chi connectivity index (χ0n) is 14.2. The summed E-state index contributed by atoms with van der Waals surface area (Å²) < 4.78 is 5.17. The minimum atomic E-state index is 0.0811. The Bertz CT molecular complexity index is 688. The molecule has 1 saturated heterocycles. The van der Waals surface area contributed by atoms with Gasteiger partial charge in [-0.2, -0.15) is 0 Å². The van der Waals surface area contributed by atoms with Gasteiger partial charge in [0.1, 0.15) is 5.75 Å². The Morgan fingerprint density at radius 3 is 2.71 bits per heavy atom. The minimum Gasteiger partial charge on any atom is -0.495 e. The Kier molecular flexibility index (Phi) is 3.87. The lowest BCUT2D eigenvalue weighted by molar-refractivity contribution is 0.0780. The quantitative estimate of drug-likeness (QED) is 0.771. The molecule has 24 heavy (non-hydrogen) atoms. The van der Waals surface area contributed by atoms with Crippen molar-refractivity contribution in [2.45, 2.75) is 13.3 Å². The average molecular weight is 346 g/mol. The number of likely N-dealkylation sites (tertiary alicyclic amines) is 1. The molecule has 3 fully saturated rings. The number of fused-ring (bicyclic) bond motifs is 2. The molecule has 128 valence electrons. The number of nitrogens with zero attached hydrogens (tertiary/aromatic N) is 1. The van der Waals surface area contributed by atoms with Gasteiger partial charge in [-0.1, -0.05) is 24.6 Å². The van der Waals surface area contributed by atoms with Gasteiger partial charge in [0.05, 0.1) is 12.1 Å². The predicted molar refractivity (Wildman–Crippen MR) is 95.3 cm³/mol. The fraction of sp³-hybridized carbons (Fsp3) is 0.550. The number of carbonyl (C=O) groups excluding carboxylic acids is 1. The van der Waals surface area contributed by atoms with E-state index in [0.29, 0.717) is 40.0 Å². The number of amides is 1. The molecule has 0 bridgehead atoms. The van der Waals surface area contributed by atoms with E-state index in [1.54, 1.807) is 25.3 Å². The maximum atomic E-state index is 12.9. The van der Waals surface area contributed by atoms with Crippen LogP contribution in [-0.2, 0) is 0 Å². The summed E-state index contributed by atoms with van der Waals surface area (Å²) in [7, 11) is 1.58. The number of hydrogen-bond donors (Lipinski definition) is 0. The van der Waals surface area contributed by atoms with Gasteiger partial charge in [0, 0.05) is 18.7 Å². The first-order valence-electron chi connectivity index (χ1n) is 8.80. The predicted octanol–water partition coefficient (Wildman–Crippen LogP) is 4.12. The monoisotopic (exact) mass is 345 g/mol. The van der Waals surface area contributed by atoms with Crippen LogP contribution >= 0.6 is 11.6 Å². The van der Waals surface area contributed by atoms with Crippen molar-refractivity contribution in [1.82, 2.24) is 4.90 Å². The summed E-state index contributed by atoms with van der Waals surface area (Å²) in [6, 6.07) is 5.29. The molecule has 2 saturated carbocycles. The Hall–Kier alpha value is -1.48. The molecule has 4 heteroatoms. The molecular weight excluding hydrogens is 322 g/mol. The van der Waals surface area contributed by atoms with Crippen molar-refractivity contribution in [1.29, 1.82) is 0 Å². The van der Waals surface area contributed by atoms with E-state index in [4.69, 9.17) is 16.3 Å². The molecule has 0 N–H and O–H groups in total. The van der Waals surface area contributed by atoms with Crippen molar-refractivity contribution in [3.63, 3.8) is 0 Å². The van der Waals surface area contributed by atoms with E-state index < -0.39 is 0 Å². The van der Waals surface area contributed by atoms with Crippen molar-refractivity contribution >= 4 is 17.5 Å². The van der Waals surface area contributed by atoms with Crippen molar-refractivity contribution in [2.75, 3.05) is 20.2 Å². The molecule has 2 aliphatic carbocycles. The van der Waals surface area contributed by atoms with Gasteiger partial charge in [-0.25, -0.2) is 0 Å². The third kappa shape index (κ3) is 2.36. The second-order valence-electron chi connectivity index (χ2n) is 7.62. The molecule has 1 aromatic carbocycles. The van der Waals surface area contributed by atoms with Crippen molar-refractivity contribution in [2.24, 2.45) is 35.5 Å². The molecular formula is C20H24ClNO2. The number of ether oxygens (including phenoxy) is 1. The van der Waals surface area contributed by atoms with Gasteiger partial charge < -0.3 is 9.64 Å². The van der Waals surface area contributed by atoms with Crippen LogP contribution in [0.1, 0.15) is 23.7 Å². The topological polar surface area (TPSA) is 29.5 Å². The molecule has 0 spiro atoms. The number of methoxy groups -OCH3 is 1. The van der Waals surface area contributed by atoms with Gasteiger partial charge in [-0.15, -0.1) is 6.58 Å². The zero-order valence-corrected chi connectivity index (χ0v) is 15.0. The Morgan fingerprint density at radius 2 is 2.04 bits per heavy atom. The van der Waals surface area contributed by atoms with Crippen LogP contribution in [-0.4, -0.2) is 31.0 Å². The van der Waals surface area contributed by atoms with E-state index in [9.17, 15) is 4.79 Å². The molecule has 1 heterocycles. The molecule has 3 nitrogen and oxygen atoms in total. The third-order valence-electron chi connectivity index (χ3n) is 6.60. The lowest BCUT2D eigenvalue weighted by Gasteiger charge is -2.35. The SMILES string of the molecule is C=CC1C2CC2C(C)C2CN(C(=O)c3ccc(OC)c(Cl)c3)CC12. The van der Waals surface area contributed by atoms with E-state index in [1.807, 2.05) is 4.90 Å². The molecule has 0 radical (unpaired) electrons. The van der Waals surface area contributed by atoms with Crippen molar-refractivity contribution in [3.8, 4) is 5.75 Å². The van der Waals surface area contributed by atoms with Crippen LogP contribution in [0.3, 0.4) is 0 Å². The summed E-state index contributed by atoms with van der Waals surface area (Å²) >= 11 is 6.19. The fourth-order valence-corrected chi connectivity index (χ4v) is 5.49. The maximum absolute atomic E-state index is 12.9. The van der Waals surface area contributed by atoms with Crippen LogP contribution in [0, 0.1) is 35.5 Å². The summed E-state index contributed by atoms with van der Waals surface area (Å²) in [4.78, 5) is 15.0. The Morgan fingerprint density at radius 1 is 1.29 bits per heavy atom. The Balaban J connectivity index is 1.55. The number of hydrogen-bond acceptors (Lipinski definition) is 2. The lowest BCUT2D eigenvalue weighted by Crippen LogP contribution is -2.33. The maximum Gasteiger partial charge on any atom is 0.253 e. The highest BCUT2D eigenvalue weighted by atomic mass is 35.5. The second-order valence-corrected chi connectivity index (χ2v) is 8.03. The molecule has 4 rings (SSSR count). The number of carbonyl (C=O) groups is 1. The number of benzene rings is 1. The van der Waals surface area contributed by atoms with E-state index >= 15 is 0 Å². The molecule has 6 unspecified atom stereocenters. The summed E-state index contributed by atoms with van der Waals surface area (Å²) in [5, 5.41) is 0.485. The number of allylic oxidation sites excluding steroid dienone is 1.